The van der Waals surface area contributed by atoms with Crippen LogP contribution in [0, 0.1) is 0 Å². The van der Waals surface area contributed by atoms with Gasteiger partial charge in [0.25, 0.3) is 0 Å². The van der Waals surface area contributed by atoms with Crippen LogP contribution < -0.4 is 10.6 Å². The van der Waals surface area contributed by atoms with Crippen molar-refractivity contribution in [3.63, 3.8) is 0 Å². The van der Waals surface area contributed by atoms with Crippen molar-refractivity contribution in [2.24, 2.45) is 4.99 Å². The maximum atomic E-state index is 11.1. The van der Waals surface area contributed by atoms with E-state index in [9.17, 15) is 9.59 Å². The van der Waals surface area contributed by atoms with E-state index in [2.05, 4.69) is 4.99 Å². The van der Waals surface area contributed by atoms with E-state index in [1.807, 2.05) is 0 Å². The molecule has 1 heterocycles. The van der Waals surface area contributed by atoms with E-state index in [1.54, 1.807) is 24.3 Å². The Morgan fingerprint density at radius 3 is 2.75 bits per heavy atom. The summed E-state index contributed by atoms with van der Waals surface area (Å²) in [6.45, 7) is 0. The van der Waals surface area contributed by atoms with Crippen LogP contribution in [0.2, 0.25) is 0 Å². The highest BCUT2D eigenvalue weighted by molar-refractivity contribution is 6.39. The van der Waals surface area contributed by atoms with Crippen LogP contribution in [0.1, 0.15) is 0 Å². The zero-order valence-corrected chi connectivity index (χ0v) is 8.08. The zero-order chi connectivity index (χ0) is 11.5. The summed E-state index contributed by atoms with van der Waals surface area (Å²) in [5.74, 6) is -2.99. The van der Waals surface area contributed by atoms with Crippen LogP contribution in [-0.4, -0.2) is 16.9 Å². The third-order valence-electron chi connectivity index (χ3n) is 1.99. The van der Waals surface area contributed by atoms with Crippen LogP contribution in [0.5, 0.6) is 0 Å². The van der Waals surface area contributed by atoms with Gasteiger partial charge in [0.1, 0.15) is 6.26 Å². The highest BCUT2D eigenvalue weighted by Gasteiger charge is 2.19. The first-order chi connectivity index (χ1) is 7.68. The molecule has 5 nitrogen and oxygen atoms in total. The number of fused-ring (bicyclic) bond motifs is 1. The summed E-state index contributed by atoms with van der Waals surface area (Å²) >= 11 is 0. The van der Waals surface area contributed by atoms with Crippen molar-refractivity contribution in [2.75, 3.05) is 0 Å². The highest BCUT2D eigenvalue weighted by Crippen LogP contribution is 2.02. The predicted octanol–water partition coefficient (Wildman–Crippen LogP) is -0.431. The number of Topliss-reactive ketones (excluding diaryl/α,β-unsaturated/α-hetero) is 1. The number of carbonyl (C=O) groups is 2. The second-order valence-electron chi connectivity index (χ2n) is 3.05. The smallest absolute Gasteiger partial charge is 0.380 e. The average molecular weight is 217 g/mol. The van der Waals surface area contributed by atoms with Gasteiger partial charge in [-0.2, -0.15) is 0 Å². The monoisotopic (exact) mass is 217 g/mol. The van der Waals surface area contributed by atoms with Crippen molar-refractivity contribution in [2.45, 2.75) is 0 Å². The molecule has 0 bridgehead atoms. The number of nitrogens with zero attached hydrogens (tertiary/aromatic N) is 1. The number of carboxylic acid groups (broad SMARTS) is 1. The summed E-state index contributed by atoms with van der Waals surface area (Å²) in [6, 6.07) is 7.06. The Balaban J connectivity index is 2.47. The molecule has 0 saturated heterocycles. The molecule has 1 aliphatic rings. The van der Waals surface area contributed by atoms with Crippen molar-refractivity contribution in [1.29, 1.82) is 0 Å². The molecule has 80 valence electrons. The third kappa shape index (κ3) is 1.83. The van der Waals surface area contributed by atoms with Gasteiger partial charge in [0, 0.05) is 5.22 Å². The van der Waals surface area contributed by atoms with E-state index in [0.717, 1.165) is 6.20 Å². The number of ketones is 1. The molecule has 2 rings (SSSR count). The van der Waals surface area contributed by atoms with Gasteiger partial charge in [-0.05, 0) is 12.1 Å². The van der Waals surface area contributed by atoms with Crippen molar-refractivity contribution in [1.82, 2.24) is 0 Å². The SMILES string of the molecule is O=C(O)C(=O)C1=CN=c2ccccc2=CO1. The Morgan fingerprint density at radius 2 is 2.00 bits per heavy atom. The first-order valence-corrected chi connectivity index (χ1v) is 4.46. The number of rotatable bonds is 2. The molecule has 0 fully saturated rings. The van der Waals surface area contributed by atoms with Gasteiger partial charge in [0.15, 0.2) is 5.76 Å². The Hall–Kier alpha value is -2.43. The molecule has 0 aromatic heterocycles. The lowest BCUT2D eigenvalue weighted by atomic mass is 10.3. The summed E-state index contributed by atoms with van der Waals surface area (Å²) < 4.78 is 4.96. The number of hydrogen-bond acceptors (Lipinski definition) is 4. The number of benzene rings is 1. The molecule has 0 amide bonds. The van der Waals surface area contributed by atoms with Gasteiger partial charge in [-0.25, -0.2) is 4.79 Å². The van der Waals surface area contributed by atoms with E-state index in [0.29, 0.717) is 10.6 Å². The van der Waals surface area contributed by atoms with E-state index < -0.39 is 11.8 Å². The van der Waals surface area contributed by atoms with Crippen LogP contribution >= 0.6 is 0 Å². The number of carboxylic acids is 1. The number of ether oxygens (including phenoxy) is 1. The molecule has 0 unspecified atom stereocenters. The topological polar surface area (TPSA) is 76.0 Å². The largest absolute Gasteiger partial charge is 0.475 e. The number of hydrogen-bond donors (Lipinski definition) is 1. The van der Waals surface area contributed by atoms with E-state index in [1.165, 1.54) is 6.26 Å². The molecule has 1 aliphatic heterocycles. The zero-order valence-electron chi connectivity index (χ0n) is 8.08. The Morgan fingerprint density at radius 1 is 1.25 bits per heavy atom. The minimum absolute atomic E-state index is 0.302. The van der Waals surface area contributed by atoms with Gasteiger partial charge >= 0.3 is 11.8 Å². The molecule has 16 heavy (non-hydrogen) atoms. The number of aliphatic carboxylic acids is 1. The van der Waals surface area contributed by atoms with E-state index >= 15 is 0 Å². The molecule has 0 spiro atoms. The quantitative estimate of drug-likeness (QED) is 0.682. The summed E-state index contributed by atoms with van der Waals surface area (Å²) in [5.41, 5.74) is 0. The van der Waals surface area contributed by atoms with Crippen molar-refractivity contribution < 1.29 is 19.4 Å². The molecule has 0 saturated carbocycles. The van der Waals surface area contributed by atoms with Gasteiger partial charge < -0.3 is 9.84 Å². The van der Waals surface area contributed by atoms with Crippen LogP contribution in [0.4, 0.5) is 0 Å². The molecule has 1 aromatic carbocycles. The summed E-state index contributed by atoms with van der Waals surface area (Å²) in [5, 5.41) is 9.83. The van der Waals surface area contributed by atoms with Crippen LogP contribution in [0.3, 0.4) is 0 Å². The molecule has 0 atom stereocenters. The van der Waals surface area contributed by atoms with E-state index in [4.69, 9.17) is 9.84 Å². The summed E-state index contributed by atoms with van der Waals surface area (Å²) in [4.78, 5) is 25.6. The van der Waals surface area contributed by atoms with Crippen LogP contribution in [0.15, 0.2) is 41.2 Å². The molecular weight excluding hydrogens is 210 g/mol. The lowest BCUT2D eigenvalue weighted by Gasteiger charge is -1.98. The molecule has 0 radical (unpaired) electrons. The minimum Gasteiger partial charge on any atom is -0.475 e. The van der Waals surface area contributed by atoms with Gasteiger partial charge in [0.05, 0.1) is 11.6 Å². The Kier molecular flexibility index (Phi) is 2.51. The van der Waals surface area contributed by atoms with Gasteiger partial charge in [0.2, 0.25) is 0 Å². The molecule has 5 heteroatoms. The summed E-state index contributed by atoms with van der Waals surface area (Å²) in [7, 11) is 0. The summed E-state index contributed by atoms with van der Waals surface area (Å²) in [6.07, 6.45) is 2.41. The molecular formula is C11H7NO4. The predicted molar refractivity (Wildman–Crippen MR) is 53.5 cm³/mol. The third-order valence-corrected chi connectivity index (χ3v) is 1.99. The highest BCUT2D eigenvalue weighted by atomic mass is 16.5. The lowest BCUT2D eigenvalue weighted by Crippen LogP contribution is -2.23. The maximum absolute atomic E-state index is 11.1. The van der Waals surface area contributed by atoms with Crippen molar-refractivity contribution >= 4 is 18.0 Å². The average Bonchev–Trinajstić information content (AvgIpc) is 2.50. The lowest BCUT2D eigenvalue weighted by molar-refractivity contribution is -0.148. The van der Waals surface area contributed by atoms with Crippen molar-refractivity contribution in [3.05, 3.63) is 46.8 Å². The fourth-order valence-corrected chi connectivity index (χ4v) is 1.21. The normalized spacial score (nSPS) is 13.1. The van der Waals surface area contributed by atoms with Crippen LogP contribution in [-0.2, 0) is 14.3 Å². The second-order valence-corrected chi connectivity index (χ2v) is 3.05. The first-order valence-electron chi connectivity index (χ1n) is 4.46. The minimum atomic E-state index is -1.57. The van der Waals surface area contributed by atoms with Gasteiger partial charge in [-0.1, -0.05) is 12.1 Å². The number of para-hydroxylation sites is 1. The molecule has 1 aromatic rings. The van der Waals surface area contributed by atoms with E-state index in [-0.39, 0.29) is 5.76 Å². The maximum Gasteiger partial charge on any atom is 0.380 e. The molecule has 1 N–H and O–H groups in total. The Bertz CT molecular complexity index is 601. The Labute approximate surface area is 90.0 Å². The fourth-order valence-electron chi connectivity index (χ4n) is 1.21. The first kappa shape index (κ1) is 10.1. The number of carbonyl (C=O) groups excluding carboxylic acids is 1. The molecule has 0 aliphatic carbocycles. The van der Waals surface area contributed by atoms with Gasteiger partial charge in [-0.15, -0.1) is 0 Å². The van der Waals surface area contributed by atoms with Crippen LogP contribution in [0.25, 0.3) is 6.26 Å². The standard InChI is InChI=1S/C11H7NO4/c13-10(11(14)15)9-5-12-8-4-2-1-3-7(8)6-16-9/h1-6H,(H,14,15). The second kappa shape index (κ2) is 3.98. The van der Waals surface area contributed by atoms with Crippen molar-refractivity contribution in [3.8, 4) is 0 Å². The fraction of sp³-hybridized carbons (Fsp3) is 0. The van der Waals surface area contributed by atoms with Gasteiger partial charge in [-0.3, -0.25) is 9.79 Å².